The van der Waals surface area contributed by atoms with Gasteiger partial charge in [0.1, 0.15) is 12.4 Å². The second-order valence-electron chi connectivity index (χ2n) is 9.84. The largest absolute Gasteiger partial charge is 0.467 e. The van der Waals surface area contributed by atoms with E-state index in [4.69, 9.17) is 24.2 Å². The summed E-state index contributed by atoms with van der Waals surface area (Å²) in [5, 5.41) is 13.7. The third-order valence-electron chi connectivity index (χ3n) is 6.73. The molecule has 4 rings (SSSR count). The van der Waals surface area contributed by atoms with E-state index in [1.807, 2.05) is 0 Å². The molecule has 0 bridgehead atoms. The van der Waals surface area contributed by atoms with Crippen LogP contribution in [0.5, 0.6) is 0 Å². The standard InChI is InChI=1S/C27H32N8O8/c1-17(36)41-19-12-21(25(37)40-4)42-22(13-19)43-27(39)33(3)11-10-32(2)26(38)35-9-6-20-23(29-16-30-24(20)35)18-14-31-34(15-18)8-5-7-28/h6,9,14-16,19,21-22H,5,8,10-13H2,1-4H3/t19-,21-,22-/m0/s1. The van der Waals surface area contributed by atoms with Gasteiger partial charge in [0.2, 0.25) is 6.29 Å². The van der Waals surface area contributed by atoms with Gasteiger partial charge in [0.25, 0.3) is 0 Å². The molecule has 1 aliphatic heterocycles. The topological polar surface area (TPSA) is 184 Å². The van der Waals surface area contributed by atoms with E-state index < -0.39 is 36.5 Å². The molecule has 43 heavy (non-hydrogen) atoms. The summed E-state index contributed by atoms with van der Waals surface area (Å²) in [5.74, 6) is -1.21. The molecule has 0 unspecified atom stereocenters. The first-order valence-corrected chi connectivity index (χ1v) is 13.4. The Kier molecular flexibility index (Phi) is 9.88. The molecule has 228 valence electrons. The Morgan fingerprint density at radius 1 is 1.14 bits per heavy atom. The molecule has 3 aromatic heterocycles. The number of carbonyl (C=O) groups excluding carboxylic acids is 4. The minimum atomic E-state index is -1.14. The number of hydrogen-bond donors (Lipinski definition) is 0. The second-order valence-corrected chi connectivity index (χ2v) is 9.84. The van der Waals surface area contributed by atoms with E-state index >= 15 is 0 Å². The summed E-state index contributed by atoms with van der Waals surface area (Å²) in [6.45, 7) is 1.96. The first-order chi connectivity index (χ1) is 20.6. The van der Waals surface area contributed by atoms with Gasteiger partial charge < -0.3 is 28.7 Å². The highest BCUT2D eigenvalue weighted by Crippen LogP contribution is 2.27. The summed E-state index contributed by atoms with van der Waals surface area (Å²) in [5.41, 5.74) is 1.72. The first-order valence-electron chi connectivity index (χ1n) is 13.4. The van der Waals surface area contributed by atoms with Crippen molar-refractivity contribution < 1.29 is 38.1 Å². The maximum Gasteiger partial charge on any atom is 0.411 e. The lowest BCUT2D eigenvalue weighted by Gasteiger charge is -2.33. The van der Waals surface area contributed by atoms with Gasteiger partial charge in [0, 0.05) is 70.3 Å². The third kappa shape index (κ3) is 7.43. The molecule has 2 amide bonds. The highest BCUT2D eigenvalue weighted by molar-refractivity contribution is 5.96. The molecular weight excluding hydrogens is 564 g/mol. The van der Waals surface area contributed by atoms with Gasteiger partial charge >= 0.3 is 24.1 Å². The smallest absolute Gasteiger partial charge is 0.411 e. The number of aryl methyl sites for hydroxylation is 1. The predicted octanol–water partition coefficient (Wildman–Crippen LogP) is 1.79. The lowest BCUT2D eigenvalue weighted by Crippen LogP contribution is -2.46. The number of nitriles is 1. The minimum Gasteiger partial charge on any atom is -0.467 e. The van der Waals surface area contributed by atoms with Gasteiger partial charge in [-0.15, -0.1) is 0 Å². The molecule has 4 heterocycles. The Balaban J connectivity index is 1.36. The molecule has 1 aliphatic rings. The average Bonchev–Trinajstić information content (AvgIpc) is 3.64. The third-order valence-corrected chi connectivity index (χ3v) is 6.73. The van der Waals surface area contributed by atoms with Crippen molar-refractivity contribution >= 4 is 35.1 Å². The van der Waals surface area contributed by atoms with Crippen LogP contribution < -0.4 is 0 Å². The van der Waals surface area contributed by atoms with Crippen LogP contribution in [0.4, 0.5) is 9.59 Å². The second kappa shape index (κ2) is 13.7. The van der Waals surface area contributed by atoms with Crippen LogP contribution in [0.1, 0.15) is 26.2 Å². The summed E-state index contributed by atoms with van der Waals surface area (Å²) in [6, 6.07) is 3.44. The van der Waals surface area contributed by atoms with Crippen LogP contribution in [0.2, 0.25) is 0 Å². The monoisotopic (exact) mass is 596 g/mol. The van der Waals surface area contributed by atoms with Gasteiger partial charge in [0.05, 0.1) is 38.0 Å². The van der Waals surface area contributed by atoms with Gasteiger partial charge in [-0.25, -0.2) is 24.4 Å². The molecular formula is C27H32N8O8. The van der Waals surface area contributed by atoms with E-state index in [0.29, 0.717) is 29.7 Å². The number of hydrogen-bond acceptors (Lipinski definition) is 12. The van der Waals surface area contributed by atoms with E-state index in [-0.39, 0.29) is 32.0 Å². The molecule has 16 heteroatoms. The van der Waals surface area contributed by atoms with Gasteiger partial charge in [-0.3, -0.25) is 14.0 Å². The fraction of sp³-hybridized carbons (Fsp3) is 0.481. The zero-order valence-corrected chi connectivity index (χ0v) is 24.2. The summed E-state index contributed by atoms with van der Waals surface area (Å²) < 4.78 is 23.9. The Hall–Kier alpha value is -5.04. The molecule has 0 aliphatic carbocycles. The summed E-state index contributed by atoms with van der Waals surface area (Å²) in [7, 11) is 4.28. The van der Waals surface area contributed by atoms with Crippen molar-refractivity contribution in [2.45, 2.75) is 51.2 Å². The first kappa shape index (κ1) is 30.9. The lowest BCUT2D eigenvalue weighted by molar-refractivity contribution is -0.212. The highest BCUT2D eigenvalue weighted by Gasteiger charge is 2.38. The van der Waals surface area contributed by atoms with Crippen LogP contribution in [0.15, 0.2) is 31.0 Å². The summed E-state index contributed by atoms with van der Waals surface area (Å²) >= 11 is 0. The number of carbonyl (C=O) groups is 4. The molecule has 3 aromatic rings. The van der Waals surface area contributed by atoms with Crippen LogP contribution in [-0.2, 0) is 35.1 Å². The molecule has 16 nitrogen and oxygen atoms in total. The number of likely N-dealkylation sites (N-methyl/N-ethyl adjacent to an activating group) is 2. The van der Waals surface area contributed by atoms with Gasteiger partial charge in [0.15, 0.2) is 11.8 Å². The Bertz CT molecular complexity index is 1530. The number of rotatable bonds is 9. The molecule has 0 radical (unpaired) electrons. The van der Waals surface area contributed by atoms with E-state index in [1.54, 1.807) is 36.4 Å². The number of amides is 2. The zero-order chi connectivity index (χ0) is 31.1. The highest BCUT2D eigenvalue weighted by atomic mass is 16.7. The Morgan fingerprint density at radius 3 is 2.63 bits per heavy atom. The SMILES string of the molecule is COC(=O)[C@@H]1C[C@H](OC(C)=O)C[C@H](OC(=O)N(C)CCN(C)C(=O)n2ccc3c(-c4cnn(CCC#N)c4)ncnc32)O1. The molecule has 0 aromatic carbocycles. The molecule has 0 N–H and O–H groups in total. The Morgan fingerprint density at radius 2 is 1.91 bits per heavy atom. The maximum atomic E-state index is 13.3. The number of aromatic nitrogens is 5. The quantitative estimate of drug-likeness (QED) is 0.258. The average molecular weight is 597 g/mol. The van der Waals surface area contributed by atoms with E-state index in [0.717, 1.165) is 5.56 Å². The van der Waals surface area contributed by atoms with Crippen LogP contribution in [0.25, 0.3) is 22.3 Å². The molecule has 3 atom stereocenters. The van der Waals surface area contributed by atoms with Crippen molar-refractivity contribution in [3.8, 4) is 17.3 Å². The molecule has 0 spiro atoms. The number of nitrogens with zero attached hydrogens (tertiary/aromatic N) is 8. The number of fused-ring (bicyclic) bond motifs is 1. The van der Waals surface area contributed by atoms with Crippen molar-refractivity contribution in [2.75, 3.05) is 34.3 Å². The van der Waals surface area contributed by atoms with Gasteiger partial charge in [-0.2, -0.15) is 10.4 Å². The van der Waals surface area contributed by atoms with Crippen molar-refractivity contribution in [3.05, 3.63) is 31.0 Å². The zero-order valence-electron chi connectivity index (χ0n) is 24.2. The number of ether oxygens (including phenoxy) is 4. The minimum absolute atomic E-state index is 0.0518. The van der Waals surface area contributed by atoms with E-state index in [2.05, 4.69) is 21.1 Å². The van der Waals surface area contributed by atoms with Crippen molar-refractivity contribution in [3.63, 3.8) is 0 Å². The fourth-order valence-electron chi connectivity index (χ4n) is 4.52. The molecule has 1 fully saturated rings. The number of methoxy groups -OCH3 is 1. The van der Waals surface area contributed by atoms with Crippen LogP contribution in [-0.4, -0.2) is 111 Å². The van der Waals surface area contributed by atoms with E-state index in [9.17, 15) is 19.2 Å². The predicted molar refractivity (Wildman–Crippen MR) is 147 cm³/mol. The lowest BCUT2D eigenvalue weighted by atomic mass is 10.0. The normalized spacial score (nSPS) is 18.0. The van der Waals surface area contributed by atoms with Crippen molar-refractivity contribution in [2.24, 2.45) is 0 Å². The van der Waals surface area contributed by atoms with Crippen LogP contribution in [0.3, 0.4) is 0 Å². The van der Waals surface area contributed by atoms with E-state index in [1.165, 1.54) is 41.8 Å². The van der Waals surface area contributed by atoms with Gasteiger partial charge in [-0.1, -0.05) is 0 Å². The maximum absolute atomic E-state index is 13.3. The number of esters is 2. The van der Waals surface area contributed by atoms with Crippen LogP contribution in [0, 0.1) is 11.3 Å². The van der Waals surface area contributed by atoms with Crippen molar-refractivity contribution in [1.29, 1.82) is 5.26 Å². The fourth-order valence-corrected chi connectivity index (χ4v) is 4.52. The Labute approximate surface area is 246 Å². The van der Waals surface area contributed by atoms with Crippen molar-refractivity contribution in [1.82, 2.24) is 34.1 Å². The van der Waals surface area contributed by atoms with Crippen LogP contribution >= 0.6 is 0 Å². The molecule has 0 saturated carbocycles. The summed E-state index contributed by atoms with van der Waals surface area (Å²) in [6.07, 6.45) is 3.19. The van der Waals surface area contributed by atoms with Gasteiger partial charge in [-0.05, 0) is 6.07 Å². The summed E-state index contributed by atoms with van der Waals surface area (Å²) in [4.78, 5) is 60.8. The molecule has 1 saturated heterocycles.